The Morgan fingerprint density at radius 1 is 1.14 bits per heavy atom. The van der Waals surface area contributed by atoms with Crippen molar-refractivity contribution in [3.8, 4) is 5.75 Å². The number of carbonyl (C=O) groups is 1. The molecule has 0 unspecified atom stereocenters. The fraction of sp³-hybridized carbons (Fsp3) is 0.458. The van der Waals surface area contributed by atoms with E-state index in [2.05, 4.69) is 68.0 Å². The minimum absolute atomic E-state index is 0.245. The minimum Gasteiger partial charge on any atom is -0.492 e. The molecule has 0 N–H and O–H groups in total. The molecule has 1 aliphatic heterocycles. The third-order valence-electron chi connectivity index (χ3n) is 3.42. The zero-order valence-electron chi connectivity index (χ0n) is 18.5. The second kappa shape index (κ2) is 16.1. The van der Waals surface area contributed by atoms with Crippen molar-refractivity contribution in [1.82, 2.24) is 0 Å². The highest BCUT2D eigenvalue weighted by Crippen LogP contribution is 2.38. The fourth-order valence-electron chi connectivity index (χ4n) is 2.27. The quantitative estimate of drug-likeness (QED) is 0.414. The molecule has 0 atom stereocenters. The predicted molar refractivity (Wildman–Crippen MR) is 121 cm³/mol. The van der Waals surface area contributed by atoms with E-state index in [1.807, 2.05) is 25.6 Å². The van der Waals surface area contributed by atoms with Crippen molar-refractivity contribution in [1.29, 1.82) is 0 Å². The normalized spacial score (nSPS) is 10.5. The van der Waals surface area contributed by atoms with Crippen LogP contribution < -0.4 is 4.74 Å². The Bertz CT molecular complexity index is 669. The summed E-state index contributed by atoms with van der Waals surface area (Å²) in [7, 11) is 1.35. The summed E-state index contributed by atoms with van der Waals surface area (Å²) < 4.78 is 9.86. The molecular weight excluding hydrogens is 368 g/mol. The second-order valence-electron chi connectivity index (χ2n) is 6.03. The third-order valence-corrected chi connectivity index (χ3v) is 4.51. The van der Waals surface area contributed by atoms with Gasteiger partial charge in [0.1, 0.15) is 5.75 Å². The maximum atomic E-state index is 9.59. The largest absolute Gasteiger partial charge is 0.492 e. The van der Waals surface area contributed by atoms with Crippen LogP contribution >= 0.6 is 11.8 Å². The van der Waals surface area contributed by atoms with Crippen LogP contribution in [-0.4, -0.2) is 19.7 Å². The van der Waals surface area contributed by atoms with Crippen LogP contribution in [0.2, 0.25) is 0 Å². The van der Waals surface area contributed by atoms with Gasteiger partial charge in [0.2, 0.25) is 0 Å². The number of ether oxygens (including phenoxy) is 2. The maximum Gasteiger partial charge on any atom is 0.302 e. The lowest BCUT2D eigenvalue weighted by molar-refractivity contribution is -0.137. The standard InChI is InChI=1S/C16H16OS.C3H6O2.C3H8.C2H6/c1-12-9-14-7-8-17-16(14)15(10-12)18-11-13-5-3-2-4-6-13;1-3(4)5-2;1-3-2;1-2/h2-6,9-10H,7-8,11H2,1H3;1-2H3;3H2,1-2H3;1-2H3. The van der Waals surface area contributed by atoms with Crippen molar-refractivity contribution < 1.29 is 14.3 Å². The van der Waals surface area contributed by atoms with E-state index < -0.39 is 0 Å². The van der Waals surface area contributed by atoms with Crippen LogP contribution in [0.25, 0.3) is 0 Å². The van der Waals surface area contributed by atoms with Gasteiger partial charge in [0.25, 0.3) is 0 Å². The smallest absolute Gasteiger partial charge is 0.302 e. The Hall–Kier alpha value is -1.94. The van der Waals surface area contributed by atoms with Gasteiger partial charge in [-0.15, -0.1) is 11.8 Å². The van der Waals surface area contributed by atoms with Gasteiger partial charge < -0.3 is 9.47 Å². The molecule has 0 amide bonds. The minimum atomic E-state index is -0.245. The average Bonchev–Trinajstić information content (AvgIpc) is 3.18. The molecule has 3 nitrogen and oxygen atoms in total. The summed E-state index contributed by atoms with van der Waals surface area (Å²) in [6.07, 6.45) is 2.30. The van der Waals surface area contributed by atoms with Crippen LogP contribution in [0, 0.1) is 6.92 Å². The molecule has 0 fully saturated rings. The van der Waals surface area contributed by atoms with Crippen molar-refractivity contribution in [3.63, 3.8) is 0 Å². The van der Waals surface area contributed by atoms with Gasteiger partial charge in [-0.3, -0.25) is 4.79 Å². The molecule has 1 heterocycles. The number of fused-ring (bicyclic) bond motifs is 1. The second-order valence-corrected chi connectivity index (χ2v) is 7.04. The Kier molecular flexibility index (Phi) is 14.9. The maximum absolute atomic E-state index is 9.59. The Morgan fingerprint density at radius 2 is 1.71 bits per heavy atom. The molecule has 0 aromatic heterocycles. The first-order valence-electron chi connectivity index (χ1n) is 9.99. The number of hydrogen-bond acceptors (Lipinski definition) is 4. The van der Waals surface area contributed by atoms with Gasteiger partial charge in [0, 0.05) is 19.1 Å². The molecular formula is C24H36O3S. The first-order chi connectivity index (χ1) is 13.5. The predicted octanol–water partition coefficient (Wildman–Crippen LogP) is 6.84. The highest BCUT2D eigenvalue weighted by molar-refractivity contribution is 7.98. The summed E-state index contributed by atoms with van der Waals surface area (Å²) >= 11 is 1.87. The number of aryl methyl sites for hydroxylation is 1. The van der Waals surface area contributed by atoms with Gasteiger partial charge in [0.15, 0.2) is 0 Å². The van der Waals surface area contributed by atoms with E-state index in [4.69, 9.17) is 4.74 Å². The summed E-state index contributed by atoms with van der Waals surface area (Å²) in [6, 6.07) is 15.1. The van der Waals surface area contributed by atoms with Crippen LogP contribution in [0.5, 0.6) is 5.75 Å². The lowest BCUT2D eigenvalue weighted by Gasteiger charge is -2.09. The van der Waals surface area contributed by atoms with E-state index in [0.29, 0.717) is 0 Å². The number of benzene rings is 2. The SMILES string of the molecule is CC.CCC.COC(C)=O.Cc1cc2c(c(SCc3ccccc3)c1)OCC2. The van der Waals surface area contributed by atoms with Crippen LogP contribution in [-0.2, 0) is 21.7 Å². The Labute approximate surface area is 175 Å². The van der Waals surface area contributed by atoms with Crippen molar-refractivity contribution in [2.45, 2.75) is 65.0 Å². The molecule has 1 aliphatic rings. The highest BCUT2D eigenvalue weighted by atomic mass is 32.2. The molecule has 4 heteroatoms. The van der Waals surface area contributed by atoms with Gasteiger partial charge in [-0.25, -0.2) is 0 Å². The number of methoxy groups -OCH3 is 1. The lowest BCUT2D eigenvalue weighted by atomic mass is 10.1. The molecule has 2 aromatic carbocycles. The van der Waals surface area contributed by atoms with Crippen LogP contribution in [0.3, 0.4) is 0 Å². The van der Waals surface area contributed by atoms with Gasteiger partial charge in [-0.05, 0) is 29.7 Å². The summed E-state index contributed by atoms with van der Waals surface area (Å²) in [6.45, 7) is 12.6. The molecule has 28 heavy (non-hydrogen) atoms. The Balaban J connectivity index is 0.000000619. The molecule has 156 valence electrons. The van der Waals surface area contributed by atoms with E-state index in [-0.39, 0.29) is 5.97 Å². The third kappa shape index (κ3) is 10.4. The monoisotopic (exact) mass is 404 g/mol. The Morgan fingerprint density at radius 3 is 2.25 bits per heavy atom. The van der Waals surface area contributed by atoms with Crippen molar-refractivity contribution >= 4 is 17.7 Å². The first kappa shape index (κ1) is 26.1. The molecule has 0 saturated heterocycles. The van der Waals surface area contributed by atoms with Gasteiger partial charge >= 0.3 is 5.97 Å². The number of rotatable bonds is 3. The average molecular weight is 405 g/mol. The van der Waals surface area contributed by atoms with E-state index in [1.54, 1.807) is 0 Å². The zero-order valence-corrected chi connectivity index (χ0v) is 19.3. The van der Waals surface area contributed by atoms with Crippen molar-refractivity contribution in [2.75, 3.05) is 13.7 Å². The van der Waals surface area contributed by atoms with Crippen LogP contribution in [0.4, 0.5) is 0 Å². The molecule has 0 radical (unpaired) electrons. The van der Waals surface area contributed by atoms with Gasteiger partial charge in [0.05, 0.1) is 18.6 Å². The van der Waals surface area contributed by atoms with E-state index in [9.17, 15) is 4.79 Å². The zero-order chi connectivity index (χ0) is 21.4. The van der Waals surface area contributed by atoms with Crippen molar-refractivity contribution in [3.05, 3.63) is 59.2 Å². The summed E-state index contributed by atoms with van der Waals surface area (Å²) in [5, 5.41) is 0. The summed E-state index contributed by atoms with van der Waals surface area (Å²) in [5.74, 6) is 1.87. The van der Waals surface area contributed by atoms with Crippen LogP contribution in [0.15, 0.2) is 47.4 Å². The highest BCUT2D eigenvalue weighted by Gasteiger charge is 2.17. The van der Waals surface area contributed by atoms with E-state index >= 15 is 0 Å². The molecule has 3 rings (SSSR count). The van der Waals surface area contributed by atoms with Gasteiger partial charge in [-0.1, -0.05) is 70.5 Å². The topological polar surface area (TPSA) is 35.5 Å². The van der Waals surface area contributed by atoms with Crippen molar-refractivity contribution in [2.24, 2.45) is 0 Å². The van der Waals surface area contributed by atoms with E-state index in [0.717, 1.165) is 24.5 Å². The van der Waals surface area contributed by atoms with E-state index in [1.165, 1.54) is 42.0 Å². The summed E-state index contributed by atoms with van der Waals surface area (Å²) in [5.41, 5.74) is 4.05. The summed E-state index contributed by atoms with van der Waals surface area (Å²) in [4.78, 5) is 10.9. The van der Waals surface area contributed by atoms with Gasteiger partial charge in [-0.2, -0.15) is 0 Å². The number of esters is 1. The molecule has 0 bridgehead atoms. The number of hydrogen-bond donors (Lipinski definition) is 0. The van der Waals surface area contributed by atoms with Crippen LogP contribution in [0.1, 0.15) is 57.7 Å². The molecule has 2 aromatic rings. The fourth-order valence-corrected chi connectivity index (χ4v) is 3.37. The molecule has 0 aliphatic carbocycles. The number of thioether (sulfide) groups is 1. The first-order valence-corrected chi connectivity index (χ1v) is 11.0. The molecule has 0 saturated carbocycles. The lowest BCUT2D eigenvalue weighted by Crippen LogP contribution is -1.88. The number of carbonyl (C=O) groups excluding carboxylic acids is 1. The molecule has 0 spiro atoms.